The molecule has 0 aromatic heterocycles. The quantitative estimate of drug-likeness (QED) is 0.659. The molecule has 0 N–H and O–H groups in total. The van der Waals surface area contributed by atoms with Crippen LogP contribution in [0.25, 0.3) is 0 Å². The maximum absolute atomic E-state index is 12.9. The van der Waals surface area contributed by atoms with E-state index in [-0.39, 0.29) is 12.0 Å². The largest absolute Gasteiger partial charge is 0.465 e. The first-order chi connectivity index (χ1) is 14.1. The number of carbonyl (C=O) groups is 2. The number of hydrogen-bond donors (Lipinski definition) is 0. The van der Waals surface area contributed by atoms with Gasteiger partial charge in [-0.15, -0.1) is 0 Å². The van der Waals surface area contributed by atoms with Crippen LogP contribution < -0.4 is 0 Å². The van der Waals surface area contributed by atoms with Crippen molar-refractivity contribution in [1.29, 1.82) is 0 Å². The van der Waals surface area contributed by atoms with Gasteiger partial charge in [0, 0.05) is 0 Å². The molecule has 0 aliphatic carbocycles. The van der Waals surface area contributed by atoms with Crippen molar-refractivity contribution in [2.24, 2.45) is 0 Å². The highest BCUT2D eigenvalue weighted by atomic mass is 16.5. The number of ether oxygens (including phenoxy) is 2. The number of aryl methyl sites for hydroxylation is 1. The van der Waals surface area contributed by atoms with Crippen LogP contribution in [0.5, 0.6) is 0 Å². The molecule has 2 unspecified atom stereocenters. The molecule has 1 fully saturated rings. The number of benzene rings is 2. The van der Waals surface area contributed by atoms with E-state index in [9.17, 15) is 9.59 Å². The lowest BCUT2D eigenvalue weighted by atomic mass is 9.99. The summed E-state index contributed by atoms with van der Waals surface area (Å²) >= 11 is 0. The number of nitrogens with zero attached hydrogens (tertiary/aromatic N) is 1. The van der Waals surface area contributed by atoms with Crippen LogP contribution in [0.15, 0.2) is 54.6 Å². The van der Waals surface area contributed by atoms with Crippen molar-refractivity contribution in [2.75, 3.05) is 20.7 Å². The van der Waals surface area contributed by atoms with E-state index >= 15 is 0 Å². The summed E-state index contributed by atoms with van der Waals surface area (Å²) in [6.07, 6.45) is 3.99. The lowest BCUT2D eigenvalue weighted by molar-refractivity contribution is -0.157. The number of likely N-dealkylation sites (tertiary alicyclic amines) is 1. The predicted octanol–water partition coefficient (Wildman–Crippen LogP) is 4.17. The third-order valence-corrected chi connectivity index (χ3v) is 5.52. The summed E-state index contributed by atoms with van der Waals surface area (Å²) in [5.41, 5.74) is 2.46. The van der Waals surface area contributed by atoms with Crippen molar-refractivity contribution < 1.29 is 19.1 Å². The summed E-state index contributed by atoms with van der Waals surface area (Å²) in [4.78, 5) is 26.9. The van der Waals surface area contributed by atoms with E-state index in [1.54, 1.807) is 18.2 Å². The molecule has 0 radical (unpaired) electrons. The number of hydrogen-bond acceptors (Lipinski definition) is 5. The highest BCUT2D eigenvalue weighted by Crippen LogP contribution is 2.27. The monoisotopic (exact) mass is 395 g/mol. The van der Waals surface area contributed by atoms with E-state index in [2.05, 4.69) is 17.0 Å². The predicted molar refractivity (Wildman–Crippen MR) is 112 cm³/mol. The minimum absolute atomic E-state index is 0.186. The van der Waals surface area contributed by atoms with Crippen LogP contribution in [-0.2, 0) is 20.7 Å². The average molecular weight is 395 g/mol. The van der Waals surface area contributed by atoms with Crippen molar-refractivity contribution in [2.45, 2.75) is 44.2 Å². The Hall–Kier alpha value is -2.66. The Balaban J connectivity index is 1.79. The zero-order chi connectivity index (χ0) is 20.6. The minimum Gasteiger partial charge on any atom is -0.465 e. The standard InChI is InChI=1S/C24H29NO4/c1-25-16-7-6-13-21(25)24(27)29-22(15-14-18-9-4-3-5-10-18)19-11-8-12-20(17-19)23(26)28-2/h3-5,8-12,17,21-22H,6-7,13-16H2,1-2H3. The van der Waals surface area contributed by atoms with Crippen LogP contribution in [0.1, 0.15) is 53.3 Å². The molecule has 1 aliphatic rings. The van der Waals surface area contributed by atoms with Gasteiger partial charge in [-0.3, -0.25) is 9.69 Å². The van der Waals surface area contributed by atoms with Crippen LogP contribution in [0, 0.1) is 0 Å². The number of rotatable bonds is 7. The highest BCUT2D eigenvalue weighted by Gasteiger charge is 2.29. The van der Waals surface area contributed by atoms with Gasteiger partial charge in [-0.1, -0.05) is 48.9 Å². The fraction of sp³-hybridized carbons (Fsp3) is 0.417. The van der Waals surface area contributed by atoms with E-state index in [0.29, 0.717) is 12.0 Å². The van der Waals surface area contributed by atoms with Gasteiger partial charge in [0.05, 0.1) is 12.7 Å². The molecule has 154 valence electrons. The molecular formula is C24H29NO4. The molecule has 2 aromatic rings. The molecule has 0 amide bonds. The summed E-state index contributed by atoms with van der Waals surface area (Å²) in [6.45, 7) is 0.909. The third kappa shape index (κ3) is 5.67. The van der Waals surface area contributed by atoms with E-state index < -0.39 is 12.1 Å². The first-order valence-corrected chi connectivity index (χ1v) is 10.2. The molecule has 3 rings (SSSR count). The molecule has 0 saturated carbocycles. The Labute approximate surface area is 172 Å². The van der Waals surface area contributed by atoms with Gasteiger partial charge in [-0.05, 0) is 62.5 Å². The molecule has 2 aromatic carbocycles. The summed E-state index contributed by atoms with van der Waals surface area (Å²) in [5.74, 6) is -0.583. The Bertz CT molecular complexity index is 821. The molecule has 5 heteroatoms. The van der Waals surface area contributed by atoms with E-state index in [0.717, 1.165) is 37.8 Å². The first-order valence-electron chi connectivity index (χ1n) is 10.2. The zero-order valence-corrected chi connectivity index (χ0v) is 17.2. The summed E-state index contributed by atoms with van der Waals surface area (Å²) in [7, 11) is 3.34. The number of likely N-dealkylation sites (N-methyl/N-ethyl adjacent to an activating group) is 1. The second-order valence-corrected chi connectivity index (χ2v) is 7.56. The van der Waals surface area contributed by atoms with Gasteiger partial charge < -0.3 is 9.47 Å². The number of esters is 2. The van der Waals surface area contributed by atoms with Crippen molar-refractivity contribution >= 4 is 11.9 Å². The van der Waals surface area contributed by atoms with Crippen LogP contribution in [0.2, 0.25) is 0 Å². The van der Waals surface area contributed by atoms with Gasteiger partial charge in [-0.2, -0.15) is 0 Å². The van der Waals surface area contributed by atoms with E-state index in [1.807, 2.05) is 31.3 Å². The highest BCUT2D eigenvalue weighted by molar-refractivity contribution is 5.89. The second kappa shape index (κ2) is 10.2. The van der Waals surface area contributed by atoms with Gasteiger partial charge in [0.15, 0.2) is 0 Å². The number of carbonyl (C=O) groups excluding carboxylic acids is 2. The van der Waals surface area contributed by atoms with E-state index in [1.165, 1.54) is 12.7 Å². The second-order valence-electron chi connectivity index (χ2n) is 7.56. The van der Waals surface area contributed by atoms with Gasteiger partial charge in [0.2, 0.25) is 0 Å². The van der Waals surface area contributed by atoms with Crippen LogP contribution in [-0.4, -0.2) is 43.6 Å². The van der Waals surface area contributed by atoms with Gasteiger partial charge in [-0.25, -0.2) is 4.79 Å². The smallest absolute Gasteiger partial charge is 0.337 e. The molecular weight excluding hydrogens is 366 g/mol. The summed E-state index contributed by atoms with van der Waals surface area (Å²) < 4.78 is 10.8. The fourth-order valence-corrected chi connectivity index (χ4v) is 3.81. The molecule has 1 heterocycles. The SMILES string of the molecule is COC(=O)c1cccc(C(CCc2ccccc2)OC(=O)C2CCCCN2C)c1. The average Bonchev–Trinajstić information content (AvgIpc) is 2.77. The minimum atomic E-state index is -0.414. The number of piperidine rings is 1. The van der Waals surface area contributed by atoms with Crippen LogP contribution in [0.4, 0.5) is 0 Å². The van der Waals surface area contributed by atoms with Gasteiger partial charge in [0.25, 0.3) is 0 Å². The van der Waals surface area contributed by atoms with Gasteiger partial charge >= 0.3 is 11.9 Å². The maximum atomic E-state index is 12.9. The van der Waals surface area contributed by atoms with E-state index in [4.69, 9.17) is 9.47 Å². The Kier molecular flexibility index (Phi) is 7.42. The lowest BCUT2D eigenvalue weighted by Crippen LogP contribution is -2.43. The zero-order valence-electron chi connectivity index (χ0n) is 17.2. The topological polar surface area (TPSA) is 55.8 Å². The molecule has 1 aliphatic heterocycles. The normalized spacial score (nSPS) is 18.1. The molecule has 2 atom stereocenters. The maximum Gasteiger partial charge on any atom is 0.337 e. The van der Waals surface area contributed by atoms with Crippen molar-refractivity contribution in [3.63, 3.8) is 0 Å². The summed E-state index contributed by atoms with van der Waals surface area (Å²) in [6, 6.07) is 17.1. The lowest BCUT2D eigenvalue weighted by Gasteiger charge is -2.32. The Morgan fingerprint density at radius 3 is 2.62 bits per heavy atom. The molecule has 0 spiro atoms. The van der Waals surface area contributed by atoms with Crippen molar-refractivity contribution in [1.82, 2.24) is 4.90 Å². The summed E-state index contributed by atoms with van der Waals surface area (Å²) in [5, 5.41) is 0. The first kappa shape index (κ1) is 21.1. The van der Waals surface area contributed by atoms with Crippen LogP contribution >= 0.6 is 0 Å². The molecule has 5 nitrogen and oxygen atoms in total. The molecule has 29 heavy (non-hydrogen) atoms. The third-order valence-electron chi connectivity index (χ3n) is 5.52. The Morgan fingerprint density at radius 1 is 1.10 bits per heavy atom. The fourth-order valence-electron chi connectivity index (χ4n) is 3.81. The van der Waals surface area contributed by atoms with Gasteiger partial charge in [0.1, 0.15) is 12.1 Å². The number of methoxy groups -OCH3 is 1. The molecule has 0 bridgehead atoms. The van der Waals surface area contributed by atoms with Crippen LogP contribution in [0.3, 0.4) is 0 Å². The molecule has 1 saturated heterocycles. The van der Waals surface area contributed by atoms with Crippen molar-refractivity contribution in [3.05, 3.63) is 71.3 Å². The van der Waals surface area contributed by atoms with Crippen molar-refractivity contribution in [3.8, 4) is 0 Å². The Morgan fingerprint density at radius 2 is 1.90 bits per heavy atom.